The number of nitrogens with two attached hydrogens (primary N) is 1. The first-order chi connectivity index (χ1) is 12.6. The Kier molecular flexibility index (Phi) is 8.74. The Labute approximate surface area is 159 Å². The molecule has 150 valence electrons. The van der Waals surface area contributed by atoms with Crippen molar-refractivity contribution in [3.63, 3.8) is 0 Å². The van der Waals surface area contributed by atoms with Crippen LogP contribution in [0, 0.1) is 0 Å². The highest BCUT2D eigenvalue weighted by atomic mass is 16.6. The predicted molar refractivity (Wildman–Crippen MR) is 102 cm³/mol. The van der Waals surface area contributed by atoms with Crippen molar-refractivity contribution in [2.45, 2.75) is 52.0 Å². The van der Waals surface area contributed by atoms with E-state index in [9.17, 15) is 14.4 Å². The average molecular weight is 379 g/mol. The number of carbonyl (C=O) groups excluding carboxylic acids is 2. The summed E-state index contributed by atoms with van der Waals surface area (Å²) in [7, 11) is 0. The number of carboxylic acids is 1. The lowest BCUT2D eigenvalue weighted by Gasteiger charge is -2.19. The highest BCUT2D eigenvalue weighted by Crippen LogP contribution is 2.34. The zero-order valence-corrected chi connectivity index (χ0v) is 16.2. The molecule has 0 aromatic heterocycles. The van der Waals surface area contributed by atoms with Crippen molar-refractivity contribution in [2.75, 3.05) is 13.1 Å². The summed E-state index contributed by atoms with van der Waals surface area (Å²) in [6.45, 7) is 8.45. The van der Waals surface area contributed by atoms with Gasteiger partial charge in [-0.3, -0.25) is 9.59 Å². The van der Waals surface area contributed by atoms with Crippen molar-refractivity contribution < 1.29 is 24.2 Å². The molecule has 1 aromatic carbocycles. The van der Waals surface area contributed by atoms with Crippen LogP contribution in [-0.4, -0.2) is 42.2 Å². The first kappa shape index (κ1) is 22.4. The summed E-state index contributed by atoms with van der Waals surface area (Å²) in [5.41, 5.74) is 7.04. The lowest BCUT2D eigenvalue weighted by molar-refractivity contribution is -0.139. The molecule has 0 saturated heterocycles. The topological polar surface area (TPSA) is 131 Å². The fourth-order valence-electron chi connectivity index (χ4n) is 2.59. The third-order valence-corrected chi connectivity index (χ3v) is 4.02. The van der Waals surface area contributed by atoms with Crippen LogP contribution in [-0.2, 0) is 9.59 Å². The molecule has 1 aromatic rings. The van der Waals surface area contributed by atoms with Gasteiger partial charge in [-0.25, -0.2) is 4.79 Å². The van der Waals surface area contributed by atoms with E-state index in [-0.39, 0.29) is 24.9 Å². The minimum atomic E-state index is -1.13. The third kappa shape index (κ3) is 7.26. The second-order valence-corrected chi connectivity index (χ2v) is 6.90. The minimum absolute atomic E-state index is 0.156. The maximum absolute atomic E-state index is 12.2. The SMILES string of the molecule is CC(C)c1cccc(C(C)C)c1OC(=O)NCCN[C@@H](CC(=O)O)C(N)=O. The van der Waals surface area contributed by atoms with E-state index < -0.39 is 30.4 Å². The maximum atomic E-state index is 12.2. The number of rotatable bonds is 10. The molecule has 5 N–H and O–H groups in total. The van der Waals surface area contributed by atoms with E-state index in [1.54, 1.807) is 0 Å². The molecule has 0 heterocycles. The van der Waals surface area contributed by atoms with Gasteiger partial charge < -0.3 is 26.2 Å². The van der Waals surface area contributed by atoms with Crippen LogP contribution in [0.2, 0.25) is 0 Å². The highest BCUT2D eigenvalue weighted by Gasteiger charge is 2.19. The summed E-state index contributed by atoms with van der Waals surface area (Å²) in [6, 6.07) is 4.83. The predicted octanol–water partition coefficient (Wildman–Crippen LogP) is 1.94. The van der Waals surface area contributed by atoms with Crippen molar-refractivity contribution in [3.05, 3.63) is 29.3 Å². The molecule has 8 heteroatoms. The zero-order valence-electron chi connectivity index (χ0n) is 16.2. The normalized spacial score (nSPS) is 12.1. The number of hydrogen-bond donors (Lipinski definition) is 4. The summed E-state index contributed by atoms with van der Waals surface area (Å²) in [5, 5.41) is 14.0. The number of amides is 2. The maximum Gasteiger partial charge on any atom is 0.412 e. The minimum Gasteiger partial charge on any atom is -0.481 e. The molecule has 1 atom stereocenters. The molecule has 2 amide bonds. The van der Waals surface area contributed by atoms with E-state index in [1.165, 1.54) is 0 Å². The van der Waals surface area contributed by atoms with Crippen LogP contribution in [0.4, 0.5) is 4.79 Å². The summed E-state index contributed by atoms with van der Waals surface area (Å²) in [5.74, 6) is -0.938. The zero-order chi connectivity index (χ0) is 20.6. The molecule has 0 unspecified atom stereocenters. The van der Waals surface area contributed by atoms with Crippen LogP contribution in [0.5, 0.6) is 5.75 Å². The lowest BCUT2D eigenvalue weighted by atomic mass is 9.94. The molecule has 0 aliphatic heterocycles. The molecule has 0 radical (unpaired) electrons. The third-order valence-electron chi connectivity index (χ3n) is 4.02. The standard InChI is InChI=1S/C19H29N3O5/c1-11(2)13-6-5-7-14(12(3)4)17(13)27-19(26)22-9-8-21-15(18(20)25)10-16(23)24/h5-7,11-12,15,21H,8-10H2,1-4H3,(H2,20,25)(H,22,26)(H,23,24)/t15-/m0/s1. The molecule has 0 aliphatic carbocycles. The van der Waals surface area contributed by atoms with Gasteiger partial charge in [0, 0.05) is 13.1 Å². The van der Waals surface area contributed by atoms with E-state index >= 15 is 0 Å². The van der Waals surface area contributed by atoms with Crippen molar-refractivity contribution in [1.29, 1.82) is 0 Å². The van der Waals surface area contributed by atoms with Gasteiger partial charge in [-0.15, -0.1) is 0 Å². The van der Waals surface area contributed by atoms with Crippen LogP contribution < -0.4 is 21.1 Å². The van der Waals surface area contributed by atoms with Crippen LogP contribution in [0.15, 0.2) is 18.2 Å². The summed E-state index contributed by atoms with van der Waals surface area (Å²) in [6.07, 6.45) is -1.03. The van der Waals surface area contributed by atoms with Gasteiger partial charge in [0.15, 0.2) is 0 Å². The Hall–Kier alpha value is -2.61. The van der Waals surface area contributed by atoms with E-state index in [1.807, 2.05) is 45.9 Å². The monoisotopic (exact) mass is 379 g/mol. The number of aliphatic carboxylic acids is 1. The smallest absolute Gasteiger partial charge is 0.412 e. The molecule has 0 spiro atoms. The Morgan fingerprint density at radius 3 is 2.07 bits per heavy atom. The van der Waals surface area contributed by atoms with Gasteiger partial charge >= 0.3 is 12.1 Å². The summed E-state index contributed by atoms with van der Waals surface area (Å²) in [4.78, 5) is 34.1. The van der Waals surface area contributed by atoms with E-state index in [4.69, 9.17) is 15.6 Å². The number of ether oxygens (including phenoxy) is 1. The molecule has 0 aliphatic rings. The second-order valence-electron chi connectivity index (χ2n) is 6.90. The number of nitrogens with one attached hydrogen (secondary N) is 2. The van der Waals surface area contributed by atoms with Crippen molar-refractivity contribution >= 4 is 18.0 Å². The van der Waals surface area contributed by atoms with Gasteiger partial charge in [0.2, 0.25) is 5.91 Å². The fraction of sp³-hybridized carbons (Fsp3) is 0.526. The first-order valence-corrected chi connectivity index (χ1v) is 8.96. The largest absolute Gasteiger partial charge is 0.481 e. The van der Waals surface area contributed by atoms with Crippen LogP contribution >= 0.6 is 0 Å². The van der Waals surface area contributed by atoms with Crippen LogP contribution in [0.1, 0.15) is 57.1 Å². The molecule has 27 heavy (non-hydrogen) atoms. The van der Waals surface area contributed by atoms with Crippen molar-refractivity contribution in [2.24, 2.45) is 5.73 Å². The van der Waals surface area contributed by atoms with Gasteiger partial charge in [-0.1, -0.05) is 45.9 Å². The average Bonchev–Trinajstić information content (AvgIpc) is 2.56. The fourth-order valence-corrected chi connectivity index (χ4v) is 2.59. The van der Waals surface area contributed by atoms with Gasteiger partial charge in [-0.2, -0.15) is 0 Å². The van der Waals surface area contributed by atoms with Crippen molar-refractivity contribution in [1.82, 2.24) is 10.6 Å². The molecule has 8 nitrogen and oxygen atoms in total. The quantitative estimate of drug-likeness (QED) is 0.460. The molecule has 0 saturated carbocycles. The van der Waals surface area contributed by atoms with E-state index in [0.29, 0.717) is 5.75 Å². The summed E-state index contributed by atoms with van der Waals surface area (Å²) >= 11 is 0. The Morgan fingerprint density at radius 1 is 1.07 bits per heavy atom. The number of para-hydroxylation sites is 1. The Morgan fingerprint density at radius 2 is 1.63 bits per heavy atom. The number of primary amides is 1. The number of carbonyl (C=O) groups is 3. The molecular formula is C19H29N3O5. The van der Waals surface area contributed by atoms with E-state index in [2.05, 4.69) is 10.6 Å². The number of benzene rings is 1. The first-order valence-electron chi connectivity index (χ1n) is 8.96. The number of carboxylic acid groups (broad SMARTS) is 1. The summed E-state index contributed by atoms with van der Waals surface area (Å²) < 4.78 is 5.55. The van der Waals surface area contributed by atoms with Crippen molar-refractivity contribution in [3.8, 4) is 5.75 Å². The molecule has 0 fully saturated rings. The highest BCUT2D eigenvalue weighted by molar-refractivity contribution is 5.84. The van der Waals surface area contributed by atoms with Crippen LogP contribution in [0.25, 0.3) is 0 Å². The van der Waals surface area contributed by atoms with E-state index in [0.717, 1.165) is 11.1 Å². The lowest BCUT2D eigenvalue weighted by Crippen LogP contribution is -2.45. The van der Waals surface area contributed by atoms with Gasteiger partial charge in [0.25, 0.3) is 0 Å². The van der Waals surface area contributed by atoms with Gasteiger partial charge in [0.05, 0.1) is 12.5 Å². The van der Waals surface area contributed by atoms with Crippen LogP contribution in [0.3, 0.4) is 0 Å². The molecule has 1 rings (SSSR count). The van der Waals surface area contributed by atoms with Gasteiger partial charge in [-0.05, 0) is 23.0 Å². The Balaban J connectivity index is 2.65. The molecular weight excluding hydrogens is 350 g/mol. The molecule has 0 bridgehead atoms. The second kappa shape index (κ2) is 10.5. The Bertz CT molecular complexity index is 647. The van der Waals surface area contributed by atoms with Gasteiger partial charge in [0.1, 0.15) is 5.75 Å². The number of hydrogen-bond acceptors (Lipinski definition) is 5.